The number of carboxylic acids is 1. The highest BCUT2D eigenvalue weighted by atomic mass is 16.4. The van der Waals surface area contributed by atoms with E-state index in [2.05, 4.69) is 10.4 Å². The second-order valence-electron chi connectivity index (χ2n) is 4.88. The van der Waals surface area contributed by atoms with Crippen molar-refractivity contribution < 1.29 is 14.7 Å². The summed E-state index contributed by atoms with van der Waals surface area (Å²) in [5.74, 6) is -1.42. The minimum absolute atomic E-state index is 0.214. The van der Waals surface area contributed by atoms with Crippen LogP contribution < -0.4 is 5.32 Å². The summed E-state index contributed by atoms with van der Waals surface area (Å²) in [5.41, 5.74) is 2.96. The van der Waals surface area contributed by atoms with Gasteiger partial charge in [-0.25, -0.2) is 9.48 Å². The molecule has 2 N–H and O–H groups in total. The maximum Gasteiger partial charge on any atom is 0.328 e. The lowest BCUT2D eigenvalue weighted by molar-refractivity contribution is -0.140. The van der Waals surface area contributed by atoms with E-state index in [1.807, 2.05) is 32.0 Å². The van der Waals surface area contributed by atoms with E-state index < -0.39 is 12.0 Å². The Morgan fingerprint density at radius 3 is 2.67 bits per heavy atom. The molecule has 1 aromatic heterocycles. The molecule has 2 rings (SSSR count). The fourth-order valence-corrected chi connectivity index (χ4v) is 1.98. The van der Waals surface area contributed by atoms with E-state index in [-0.39, 0.29) is 11.6 Å². The van der Waals surface area contributed by atoms with Crippen LogP contribution in [0.15, 0.2) is 30.5 Å². The van der Waals surface area contributed by atoms with Crippen molar-refractivity contribution in [2.75, 3.05) is 5.32 Å². The number of aromatic nitrogens is 2. The number of aryl methyl sites for hydroxylation is 1. The van der Waals surface area contributed by atoms with Gasteiger partial charge in [-0.15, -0.1) is 0 Å². The molecule has 0 radical (unpaired) electrons. The molecular formula is C15H17N3O3. The van der Waals surface area contributed by atoms with Gasteiger partial charge in [-0.1, -0.05) is 12.1 Å². The Labute approximate surface area is 122 Å². The summed E-state index contributed by atoms with van der Waals surface area (Å²) < 4.78 is 1.20. The van der Waals surface area contributed by atoms with Crippen molar-refractivity contribution in [3.63, 3.8) is 0 Å². The van der Waals surface area contributed by atoms with Crippen LogP contribution in [0.5, 0.6) is 0 Å². The van der Waals surface area contributed by atoms with Crippen LogP contribution in [0.1, 0.15) is 34.6 Å². The van der Waals surface area contributed by atoms with E-state index in [9.17, 15) is 9.59 Å². The summed E-state index contributed by atoms with van der Waals surface area (Å²) in [6, 6.07) is 6.22. The Kier molecular flexibility index (Phi) is 4.07. The predicted molar refractivity (Wildman–Crippen MR) is 78.4 cm³/mol. The monoisotopic (exact) mass is 287 g/mol. The standard InChI is InChI=1S/C15H17N3O3/c1-9-5-4-6-12(10(9)2)17-14(19)13-7-8-16-18(13)11(3)15(20)21/h4-8,11H,1-3H3,(H,17,19)(H,20,21). The van der Waals surface area contributed by atoms with Crippen molar-refractivity contribution in [2.24, 2.45) is 0 Å². The zero-order valence-corrected chi connectivity index (χ0v) is 12.1. The number of nitrogens with zero attached hydrogens (tertiary/aromatic N) is 2. The van der Waals surface area contributed by atoms with Crippen molar-refractivity contribution in [3.8, 4) is 0 Å². The number of carbonyl (C=O) groups excluding carboxylic acids is 1. The molecule has 2 aromatic rings. The Morgan fingerprint density at radius 2 is 2.00 bits per heavy atom. The second-order valence-corrected chi connectivity index (χ2v) is 4.88. The van der Waals surface area contributed by atoms with Crippen LogP contribution in [0.2, 0.25) is 0 Å². The number of nitrogens with one attached hydrogen (secondary N) is 1. The molecule has 110 valence electrons. The maximum absolute atomic E-state index is 12.3. The summed E-state index contributed by atoms with van der Waals surface area (Å²) in [5, 5.41) is 15.7. The highest BCUT2D eigenvalue weighted by Crippen LogP contribution is 2.19. The Balaban J connectivity index is 2.28. The first-order valence-corrected chi connectivity index (χ1v) is 6.55. The van der Waals surface area contributed by atoms with Crippen LogP contribution in [-0.2, 0) is 4.79 Å². The minimum Gasteiger partial charge on any atom is -0.480 e. The van der Waals surface area contributed by atoms with E-state index in [1.165, 1.54) is 23.9 Å². The molecule has 1 heterocycles. The average molecular weight is 287 g/mol. The Hall–Kier alpha value is -2.63. The van der Waals surface area contributed by atoms with Gasteiger partial charge in [0.05, 0.1) is 0 Å². The van der Waals surface area contributed by atoms with Gasteiger partial charge < -0.3 is 10.4 Å². The zero-order chi connectivity index (χ0) is 15.6. The van der Waals surface area contributed by atoms with Crippen molar-refractivity contribution in [2.45, 2.75) is 26.8 Å². The fraction of sp³-hybridized carbons (Fsp3) is 0.267. The molecule has 6 nitrogen and oxygen atoms in total. The number of hydrogen-bond donors (Lipinski definition) is 2. The number of anilines is 1. The van der Waals surface area contributed by atoms with Gasteiger partial charge in [0.15, 0.2) is 0 Å². The average Bonchev–Trinajstić information content (AvgIpc) is 2.92. The summed E-state index contributed by atoms with van der Waals surface area (Å²) in [4.78, 5) is 23.4. The van der Waals surface area contributed by atoms with Gasteiger partial charge in [0, 0.05) is 11.9 Å². The van der Waals surface area contributed by atoms with Gasteiger partial charge in [-0.3, -0.25) is 4.79 Å². The van der Waals surface area contributed by atoms with Crippen LogP contribution in [0.4, 0.5) is 5.69 Å². The molecule has 0 spiro atoms. The number of aliphatic carboxylic acids is 1. The van der Waals surface area contributed by atoms with Gasteiger partial charge >= 0.3 is 5.97 Å². The van der Waals surface area contributed by atoms with Crippen molar-refractivity contribution >= 4 is 17.6 Å². The van der Waals surface area contributed by atoms with E-state index in [4.69, 9.17) is 5.11 Å². The molecule has 6 heteroatoms. The highest BCUT2D eigenvalue weighted by molar-refractivity contribution is 6.03. The molecule has 0 aliphatic carbocycles. The molecule has 1 amide bonds. The third-order valence-electron chi connectivity index (χ3n) is 3.48. The largest absolute Gasteiger partial charge is 0.480 e. The first-order valence-electron chi connectivity index (χ1n) is 6.55. The molecule has 0 bridgehead atoms. The number of carboxylic acid groups (broad SMARTS) is 1. The van der Waals surface area contributed by atoms with E-state index in [0.717, 1.165) is 11.1 Å². The van der Waals surface area contributed by atoms with Crippen LogP contribution in [-0.4, -0.2) is 26.8 Å². The molecule has 1 unspecified atom stereocenters. The van der Waals surface area contributed by atoms with Crippen molar-refractivity contribution in [1.82, 2.24) is 9.78 Å². The highest BCUT2D eigenvalue weighted by Gasteiger charge is 2.21. The lowest BCUT2D eigenvalue weighted by Gasteiger charge is -2.13. The molecule has 21 heavy (non-hydrogen) atoms. The fourth-order valence-electron chi connectivity index (χ4n) is 1.98. The van der Waals surface area contributed by atoms with Crippen LogP contribution in [0.3, 0.4) is 0 Å². The molecule has 0 aliphatic rings. The number of benzene rings is 1. The van der Waals surface area contributed by atoms with Gasteiger partial charge in [0.2, 0.25) is 0 Å². The first-order chi connectivity index (χ1) is 9.91. The van der Waals surface area contributed by atoms with E-state index >= 15 is 0 Å². The van der Waals surface area contributed by atoms with Crippen LogP contribution >= 0.6 is 0 Å². The third kappa shape index (κ3) is 2.94. The molecule has 0 saturated heterocycles. The van der Waals surface area contributed by atoms with Crippen LogP contribution in [0, 0.1) is 13.8 Å². The molecule has 0 fully saturated rings. The van der Waals surface area contributed by atoms with Gasteiger partial charge in [0.25, 0.3) is 5.91 Å². The molecule has 1 atom stereocenters. The smallest absolute Gasteiger partial charge is 0.328 e. The number of carbonyl (C=O) groups is 2. The van der Waals surface area contributed by atoms with E-state index in [0.29, 0.717) is 5.69 Å². The molecule has 0 aliphatic heterocycles. The number of hydrogen-bond acceptors (Lipinski definition) is 3. The number of amides is 1. The lowest BCUT2D eigenvalue weighted by atomic mass is 10.1. The summed E-state index contributed by atoms with van der Waals surface area (Å²) in [6.07, 6.45) is 1.41. The van der Waals surface area contributed by atoms with Gasteiger partial charge in [-0.2, -0.15) is 5.10 Å². The van der Waals surface area contributed by atoms with Crippen molar-refractivity contribution in [3.05, 3.63) is 47.3 Å². The quantitative estimate of drug-likeness (QED) is 0.904. The Morgan fingerprint density at radius 1 is 1.29 bits per heavy atom. The second kappa shape index (κ2) is 5.78. The predicted octanol–water partition coefficient (Wildman–Crippen LogP) is 2.40. The van der Waals surface area contributed by atoms with Gasteiger partial charge in [-0.05, 0) is 44.0 Å². The molecule has 1 aromatic carbocycles. The molecule has 0 saturated carbocycles. The zero-order valence-electron chi connectivity index (χ0n) is 12.1. The summed E-state index contributed by atoms with van der Waals surface area (Å²) in [6.45, 7) is 5.36. The topological polar surface area (TPSA) is 84.2 Å². The Bertz CT molecular complexity index is 691. The minimum atomic E-state index is -1.04. The summed E-state index contributed by atoms with van der Waals surface area (Å²) >= 11 is 0. The molecular weight excluding hydrogens is 270 g/mol. The normalized spacial score (nSPS) is 12.0. The summed E-state index contributed by atoms with van der Waals surface area (Å²) in [7, 11) is 0. The third-order valence-corrected chi connectivity index (χ3v) is 3.48. The van der Waals surface area contributed by atoms with Crippen molar-refractivity contribution in [1.29, 1.82) is 0 Å². The SMILES string of the molecule is Cc1cccc(NC(=O)c2ccnn2C(C)C(=O)O)c1C. The lowest BCUT2D eigenvalue weighted by Crippen LogP contribution is -2.24. The van der Waals surface area contributed by atoms with Gasteiger partial charge in [0.1, 0.15) is 11.7 Å². The number of rotatable bonds is 4. The van der Waals surface area contributed by atoms with Crippen LogP contribution in [0.25, 0.3) is 0 Å². The van der Waals surface area contributed by atoms with E-state index in [1.54, 1.807) is 0 Å². The first kappa shape index (κ1) is 14.8. The maximum atomic E-state index is 12.3.